The van der Waals surface area contributed by atoms with E-state index in [0.717, 1.165) is 46.1 Å². The van der Waals surface area contributed by atoms with Crippen molar-refractivity contribution in [3.63, 3.8) is 0 Å². The molecule has 182 valence electrons. The number of aromatic nitrogens is 7. The van der Waals surface area contributed by atoms with Crippen LogP contribution in [0.15, 0.2) is 67.4 Å². The summed E-state index contributed by atoms with van der Waals surface area (Å²) in [6.07, 6.45) is 10.0. The predicted molar refractivity (Wildman–Crippen MR) is 138 cm³/mol. The first-order valence-electron chi connectivity index (χ1n) is 12.0. The Labute approximate surface area is 209 Å². The standard InChI is InChI=1S/C27H21FN8O/c28-17-3-1-2-15(6-17)20-11-30-12-23-24(20)34-26(33-23)25-19-8-21(31-13-22(19)35-36-25)16-7-18(10-29-9-16)32-27(37)14-4-5-14/h1-3,6-14,27,32,37H,4-5H2,(H,33,34)(H,35,36). The highest BCUT2D eigenvalue weighted by atomic mass is 19.1. The summed E-state index contributed by atoms with van der Waals surface area (Å²) in [5.41, 5.74) is 6.47. The number of pyridine rings is 3. The van der Waals surface area contributed by atoms with E-state index in [1.807, 2.05) is 18.2 Å². The predicted octanol–water partition coefficient (Wildman–Crippen LogP) is 4.90. The van der Waals surface area contributed by atoms with Crippen LogP contribution in [-0.2, 0) is 0 Å². The van der Waals surface area contributed by atoms with Gasteiger partial charge < -0.3 is 15.4 Å². The molecule has 0 bridgehead atoms. The van der Waals surface area contributed by atoms with Crippen LogP contribution in [0.5, 0.6) is 0 Å². The van der Waals surface area contributed by atoms with Gasteiger partial charge in [0.2, 0.25) is 0 Å². The van der Waals surface area contributed by atoms with Crippen molar-refractivity contribution in [1.29, 1.82) is 0 Å². The molecular formula is C27H21FN8O. The summed E-state index contributed by atoms with van der Waals surface area (Å²) in [5.74, 6) is 0.539. The number of halogens is 1. The Morgan fingerprint density at radius 1 is 0.973 bits per heavy atom. The van der Waals surface area contributed by atoms with Crippen LogP contribution in [0.25, 0.3) is 55.8 Å². The number of benzene rings is 1. The van der Waals surface area contributed by atoms with Crippen molar-refractivity contribution in [1.82, 2.24) is 35.1 Å². The summed E-state index contributed by atoms with van der Waals surface area (Å²) < 4.78 is 13.9. The van der Waals surface area contributed by atoms with Gasteiger partial charge in [-0.1, -0.05) is 12.1 Å². The van der Waals surface area contributed by atoms with Gasteiger partial charge in [-0.3, -0.25) is 20.1 Å². The highest BCUT2D eigenvalue weighted by Gasteiger charge is 2.29. The molecular weight excluding hydrogens is 471 g/mol. The van der Waals surface area contributed by atoms with Gasteiger partial charge in [-0.2, -0.15) is 5.10 Å². The molecule has 10 heteroatoms. The fourth-order valence-electron chi connectivity index (χ4n) is 4.53. The molecule has 5 heterocycles. The van der Waals surface area contributed by atoms with E-state index in [4.69, 9.17) is 4.98 Å². The highest BCUT2D eigenvalue weighted by Crippen LogP contribution is 2.34. The molecule has 0 spiro atoms. The summed E-state index contributed by atoms with van der Waals surface area (Å²) in [7, 11) is 0. The van der Waals surface area contributed by atoms with Gasteiger partial charge in [-0.05, 0) is 42.7 Å². The largest absolute Gasteiger partial charge is 0.374 e. The molecule has 1 unspecified atom stereocenters. The molecule has 1 aromatic carbocycles. The molecule has 6 aromatic rings. The number of imidazole rings is 1. The minimum absolute atomic E-state index is 0.298. The average molecular weight is 493 g/mol. The van der Waals surface area contributed by atoms with Crippen LogP contribution >= 0.6 is 0 Å². The van der Waals surface area contributed by atoms with Crippen molar-refractivity contribution >= 4 is 27.6 Å². The first-order valence-corrected chi connectivity index (χ1v) is 12.0. The number of aliphatic hydroxyl groups excluding tert-OH is 1. The Kier molecular flexibility index (Phi) is 4.93. The van der Waals surface area contributed by atoms with Crippen LogP contribution in [0.3, 0.4) is 0 Å². The number of anilines is 1. The normalized spacial score (nSPS) is 14.3. The number of H-pyrrole nitrogens is 2. The maximum Gasteiger partial charge on any atom is 0.159 e. The second-order valence-electron chi connectivity index (χ2n) is 9.26. The van der Waals surface area contributed by atoms with E-state index in [1.165, 1.54) is 12.1 Å². The van der Waals surface area contributed by atoms with Gasteiger partial charge in [0.25, 0.3) is 0 Å². The number of nitrogens with zero attached hydrogens (tertiary/aromatic N) is 5. The summed E-state index contributed by atoms with van der Waals surface area (Å²) in [4.78, 5) is 21.3. The molecule has 1 atom stereocenters. The Hall–Kier alpha value is -4.70. The molecule has 37 heavy (non-hydrogen) atoms. The quantitative estimate of drug-likeness (QED) is 0.243. The van der Waals surface area contributed by atoms with E-state index < -0.39 is 6.23 Å². The Bertz CT molecular complexity index is 1770. The van der Waals surface area contributed by atoms with E-state index in [2.05, 4.69) is 35.5 Å². The van der Waals surface area contributed by atoms with Gasteiger partial charge in [-0.15, -0.1) is 0 Å². The first-order chi connectivity index (χ1) is 18.1. The minimum Gasteiger partial charge on any atom is -0.374 e. The van der Waals surface area contributed by atoms with Crippen LogP contribution in [0.4, 0.5) is 10.1 Å². The number of hydrogen-bond acceptors (Lipinski definition) is 7. The van der Waals surface area contributed by atoms with Crippen molar-refractivity contribution in [2.45, 2.75) is 19.1 Å². The van der Waals surface area contributed by atoms with E-state index in [-0.39, 0.29) is 5.82 Å². The maximum absolute atomic E-state index is 13.9. The topological polar surface area (TPSA) is 128 Å². The summed E-state index contributed by atoms with van der Waals surface area (Å²) in [6, 6.07) is 10.2. The molecule has 4 N–H and O–H groups in total. The van der Waals surface area contributed by atoms with E-state index >= 15 is 0 Å². The number of aromatic amines is 2. The molecule has 5 aromatic heterocycles. The van der Waals surface area contributed by atoms with Crippen molar-refractivity contribution in [2.75, 3.05) is 5.32 Å². The van der Waals surface area contributed by atoms with Gasteiger partial charge >= 0.3 is 0 Å². The number of rotatable bonds is 6. The van der Waals surface area contributed by atoms with E-state index in [0.29, 0.717) is 34.2 Å². The summed E-state index contributed by atoms with van der Waals surface area (Å²) >= 11 is 0. The zero-order valence-corrected chi connectivity index (χ0v) is 19.5. The zero-order valence-electron chi connectivity index (χ0n) is 19.5. The average Bonchev–Trinajstić information content (AvgIpc) is 3.55. The van der Waals surface area contributed by atoms with E-state index in [1.54, 1.807) is 37.1 Å². The maximum atomic E-state index is 13.9. The van der Waals surface area contributed by atoms with Crippen LogP contribution in [0, 0.1) is 11.7 Å². The van der Waals surface area contributed by atoms with Crippen molar-refractivity contribution < 1.29 is 9.50 Å². The Balaban J connectivity index is 1.28. The minimum atomic E-state index is -0.576. The van der Waals surface area contributed by atoms with Crippen molar-refractivity contribution in [3.05, 3.63) is 73.2 Å². The van der Waals surface area contributed by atoms with Gasteiger partial charge in [-0.25, -0.2) is 9.37 Å². The molecule has 1 fully saturated rings. The lowest BCUT2D eigenvalue weighted by Gasteiger charge is -2.13. The molecule has 1 saturated carbocycles. The Morgan fingerprint density at radius 3 is 2.73 bits per heavy atom. The summed E-state index contributed by atoms with van der Waals surface area (Å²) in [5, 5.41) is 21.7. The van der Waals surface area contributed by atoms with Crippen LogP contribution < -0.4 is 5.32 Å². The third-order valence-electron chi connectivity index (χ3n) is 6.62. The highest BCUT2D eigenvalue weighted by molar-refractivity contribution is 5.97. The van der Waals surface area contributed by atoms with Gasteiger partial charge in [0, 0.05) is 34.8 Å². The van der Waals surface area contributed by atoms with E-state index in [9.17, 15) is 9.50 Å². The molecule has 0 amide bonds. The third kappa shape index (κ3) is 3.97. The molecule has 0 radical (unpaired) electrons. The monoisotopic (exact) mass is 492 g/mol. The zero-order chi connectivity index (χ0) is 24.9. The molecule has 7 rings (SSSR count). The molecule has 1 aliphatic carbocycles. The molecule has 0 aliphatic heterocycles. The second-order valence-corrected chi connectivity index (χ2v) is 9.26. The number of aliphatic hydroxyl groups is 1. The fourth-order valence-corrected chi connectivity index (χ4v) is 4.53. The van der Waals surface area contributed by atoms with Gasteiger partial charge in [0.05, 0.1) is 46.5 Å². The Morgan fingerprint density at radius 2 is 1.86 bits per heavy atom. The number of hydrogen-bond donors (Lipinski definition) is 4. The van der Waals surface area contributed by atoms with Gasteiger partial charge in [0.1, 0.15) is 17.7 Å². The van der Waals surface area contributed by atoms with Gasteiger partial charge in [0.15, 0.2) is 5.82 Å². The lowest BCUT2D eigenvalue weighted by Crippen LogP contribution is -2.20. The fraction of sp³-hybridized carbons (Fsp3) is 0.148. The number of nitrogens with one attached hydrogen (secondary N) is 3. The lowest BCUT2D eigenvalue weighted by atomic mass is 10.1. The van der Waals surface area contributed by atoms with Crippen molar-refractivity contribution in [2.24, 2.45) is 5.92 Å². The SMILES string of the molecule is OC(Nc1cncc(-c2cc3c(-c4nc5c(-c6cccc(F)c6)cncc5[nH]4)n[nH]c3cn2)c1)C1CC1. The molecule has 0 saturated heterocycles. The van der Waals surface area contributed by atoms with Crippen molar-refractivity contribution in [3.8, 4) is 33.9 Å². The number of fused-ring (bicyclic) bond motifs is 2. The lowest BCUT2D eigenvalue weighted by molar-refractivity contribution is 0.180. The third-order valence-corrected chi connectivity index (χ3v) is 6.62. The first kappa shape index (κ1) is 21.6. The van der Waals surface area contributed by atoms with Crippen LogP contribution in [0.2, 0.25) is 0 Å². The van der Waals surface area contributed by atoms with Crippen LogP contribution in [0.1, 0.15) is 12.8 Å². The molecule has 9 nitrogen and oxygen atoms in total. The summed E-state index contributed by atoms with van der Waals surface area (Å²) in [6.45, 7) is 0. The second kappa shape index (κ2) is 8.45. The smallest absolute Gasteiger partial charge is 0.159 e. The molecule has 1 aliphatic rings. The van der Waals surface area contributed by atoms with Crippen LogP contribution in [-0.4, -0.2) is 46.5 Å².